The molecule has 0 unspecified atom stereocenters. The van der Waals surface area contributed by atoms with Crippen molar-refractivity contribution in [2.45, 2.75) is 13.3 Å². The van der Waals surface area contributed by atoms with Gasteiger partial charge in [-0.25, -0.2) is 4.39 Å². The monoisotopic (exact) mass is 183 g/mol. The number of benzene rings is 1. The second kappa shape index (κ2) is 3.55. The fraction of sp³-hybridized carbons (Fsp3) is 0.222. The zero-order valence-corrected chi connectivity index (χ0v) is 7.32. The molecule has 0 N–H and O–H groups in total. The summed E-state index contributed by atoms with van der Waals surface area (Å²) in [6.07, 6.45) is 0.191. The maximum absolute atomic E-state index is 13.0. The molecule has 0 heterocycles. The Kier molecular flexibility index (Phi) is 2.67. The largest absolute Gasteiger partial charge is 0.207 e. The number of halogens is 2. The van der Waals surface area contributed by atoms with Gasteiger partial charge in [0, 0.05) is 10.6 Å². The standard InChI is InChI=1S/C9H7ClFN/c1-6-8(10)4-7(2-3-12)5-9(6)11/h4-5H,2H2,1H3. The smallest absolute Gasteiger partial charge is 0.127 e. The maximum Gasteiger partial charge on any atom is 0.127 e. The summed E-state index contributed by atoms with van der Waals surface area (Å²) in [6, 6.07) is 4.88. The molecule has 0 aliphatic carbocycles. The van der Waals surface area contributed by atoms with Gasteiger partial charge < -0.3 is 0 Å². The average Bonchev–Trinajstić information content (AvgIpc) is 2.01. The third kappa shape index (κ3) is 1.75. The van der Waals surface area contributed by atoms with Gasteiger partial charge in [0.25, 0.3) is 0 Å². The van der Waals surface area contributed by atoms with E-state index in [1.165, 1.54) is 6.07 Å². The Hall–Kier alpha value is -1.07. The molecule has 0 atom stereocenters. The molecule has 12 heavy (non-hydrogen) atoms. The molecule has 0 radical (unpaired) electrons. The van der Waals surface area contributed by atoms with Crippen molar-refractivity contribution < 1.29 is 4.39 Å². The van der Waals surface area contributed by atoms with Crippen LogP contribution in [0.2, 0.25) is 5.02 Å². The normalized spacial score (nSPS) is 9.50. The summed E-state index contributed by atoms with van der Waals surface area (Å²) in [5, 5.41) is 8.73. The van der Waals surface area contributed by atoms with Gasteiger partial charge in [0.2, 0.25) is 0 Å². The zero-order valence-electron chi connectivity index (χ0n) is 6.56. The van der Waals surface area contributed by atoms with Gasteiger partial charge in [0.1, 0.15) is 5.82 Å². The molecule has 3 heteroatoms. The summed E-state index contributed by atoms with van der Waals surface area (Å²) in [5.74, 6) is -0.354. The summed E-state index contributed by atoms with van der Waals surface area (Å²) in [4.78, 5) is 0. The molecule has 0 fully saturated rings. The molecule has 0 bridgehead atoms. The Bertz CT molecular complexity index is 318. The Morgan fingerprint density at radius 2 is 2.25 bits per heavy atom. The highest BCUT2D eigenvalue weighted by molar-refractivity contribution is 6.31. The number of nitriles is 1. The maximum atomic E-state index is 13.0. The minimum Gasteiger partial charge on any atom is -0.207 e. The van der Waals surface area contributed by atoms with Crippen LogP contribution < -0.4 is 0 Å². The molecular weight excluding hydrogens is 177 g/mol. The highest BCUT2D eigenvalue weighted by atomic mass is 35.5. The van der Waals surface area contributed by atoms with Gasteiger partial charge >= 0.3 is 0 Å². The van der Waals surface area contributed by atoms with Gasteiger partial charge in [0.15, 0.2) is 0 Å². The minimum atomic E-state index is -0.354. The Morgan fingerprint density at radius 3 is 2.75 bits per heavy atom. The van der Waals surface area contributed by atoms with E-state index in [-0.39, 0.29) is 12.2 Å². The van der Waals surface area contributed by atoms with Crippen molar-refractivity contribution in [2.75, 3.05) is 0 Å². The van der Waals surface area contributed by atoms with Crippen molar-refractivity contribution in [1.29, 1.82) is 5.26 Å². The van der Waals surface area contributed by atoms with Crippen molar-refractivity contribution >= 4 is 11.6 Å². The molecule has 0 aliphatic heterocycles. The van der Waals surface area contributed by atoms with E-state index in [4.69, 9.17) is 16.9 Å². The summed E-state index contributed by atoms with van der Waals surface area (Å²) >= 11 is 5.71. The lowest BCUT2D eigenvalue weighted by Gasteiger charge is -2.01. The van der Waals surface area contributed by atoms with Crippen LogP contribution in [0.3, 0.4) is 0 Å². The molecule has 1 nitrogen and oxygen atoms in total. The summed E-state index contributed by atoms with van der Waals surface area (Å²) in [5.41, 5.74) is 1.05. The van der Waals surface area contributed by atoms with Crippen LogP contribution in [0.1, 0.15) is 11.1 Å². The first-order valence-electron chi connectivity index (χ1n) is 3.46. The summed E-state index contributed by atoms with van der Waals surface area (Å²) in [6.45, 7) is 1.60. The van der Waals surface area contributed by atoms with Crippen LogP contribution in [-0.2, 0) is 6.42 Å². The fourth-order valence-electron chi connectivity index (χ4n) is 0.891. The van der Waals surface area contributed by atoms with Gasteiger partial charge in [-0.15, -0.1) is 0 Å². The molecule has 0 saturated carbocycles. The second-order valence-electron chi connectivity index (χ2n) is 2.52. The van der Waals surface area contributed by atoms with Crippen molar-refractivity contribution in [3.8, 4) is 6.07 Å². The number of hydrogen-bond acceptors (Lipinski definition) is 1. The van der Waals surface area contributed by atoms with Crippen molar-refractivity contribution in [2.24, 2.45) is 0 Å². The lowest BCUT2D eigenvalue weighted by molar-refractivity contribution is 0.617. The van der Waals surface area contributed by atoms with Crippen LogP contribution in [-0.4, -0.2) is 0 Å². The van der Waals surface area contributed by atoms with Crippen LogP contribution in [0.15, 0.2) is 12.1 Å². The van der Waals surface area contributed by atoms with E-state index in [2.05, 4.69) is 0 Å². The van der Waals surface area contributed by atoms with E-state index >= 15 is 0 Å². The second-order valence-corrected chi connectivity index (χ2v) is 2.93. The van der Waals surface area contributed by atoms with Gasteiger partial charge in [-0.1, -0.05) is 11.6 Å². The first kappa shape index (κ1) is 9.02. The molecule has 0 amide bonds. The van der Waals surface area contributed by atoms with Crippen molar-refractivity contribution in [3.63, 3.8) is 0 Å². The van der Waals surface area contributed by atoms with E-state index in [0.717, 1.165) is 0 Å². The van der Waals surface area contributed by atoms with Crippen LogP contribution in [0.5, 0.6) is 0 Å². The van der Waals surface area contributed by atoms with Crippen LogP contribution in [0.25, 0.3) is 0 Å². The van der Waals surface area contributed by atoms with Gasteiger partial charge in [-0.3, -0.25) is 0 Å². The Balaban J connectivity index is 3.14. The molecule has 1 aromatic carbocycles. The predicted molar refractivity (Wildman–Crippen MR) is 45.5 cm³/mol. The first-order chi connectivity index (χ1) is 5.65. The molecule has 1 aromatic rings. The number of rotatable bonds is 1. The summed E-state index contributed by atoms with van der Waals surface area (Å²) < 4.78 is 13.0. The number of nitrogens with zero attached hydrogens (tertiary/aromatic N) is 1. The van der Waals surface area contributed by atoms with E-state index < -0.39 is 0 Å². The molecule has 0 aliphatic rings. The fourth-order valence-corrected chi connectivity index (χ4v) is 1.12. The Morgan fingerprint density at radius 1 is 1.58 bits per heavy atom. The lowest BCUT2D eigenvalue weighted by atomic mass is 10.1. The quantitative estimate of drug-likeness (QED) is 0.657. The first-order valence-corrected chi connectivity index (χ1v) is 3.84. The van der Waals surface area contributed by atoms with E-state index in [1.54, 1.807) is 13.0 Å². The third-order valence-corrected chi connectivity index (χ3v) is 2.02. The SMILES string of the molecule is Cc1c(F)cc(CC#N)cc1Cl. The highest BCUT2D eigenvalue weighted by Gasteiger charge is 2.04. The molecule has 62 valence electrons. The number of hydrogen-bond donors (Lipinski definition) is 0. The zero-order chi connectivity index (χ0) is 9.14. The van der Waals surface area contributed by atoms with E-state index in [1.807, 2.05) is 6.07 Å². The van der Waals surface area contributed by atoms with Gasteiger partial charge in [-0.2, -0.15) is 5.26 Å². The van der Waals surface area contributed by atoms with E-state index in [9.17, 15) is 4.39 Å². The lowest BCUT2D eigenvalue weighted by Crippen LogP contribution is -1.88. The minimum absolute atomic E-state index is 0.191. The average molecular weight is 184 g/mol. The van der Waals surface area contributed by atoms with Crippen LogP contribution in [0.4, 0.5) is 4.39 Å². The van der Waals surface area contributed by atoms with Crippen LogP contribution in [0, 0.1) is 24.1 Å². The summed E-state index contributed by atoms with van der Waals surface area (Å²) in [7, 11) is 0. The predicted octanol–water partition coefficient (Wildman–Crippen LogP) is 2.85. The molecule has 1 rings (SSSR count). The molecule has 0 spiro atoms. The Labute approximate surface area is 75.4 Å². The molecule has 0 aromatic heterocycles. The van der Waals surface area contributed by atoms with Crippen LogP contribution >= 0.6 is 11.6 Å². The topological polar surface area (TPSA) is 23.8 Å². The van der Waals surface area contributed by atoms with Gasteiger partial charge in [-0.05, 0) is 24.6 Å². The van der Waals surface area contributed by atoms with Crippen molar-refractivity contribution in [3.05, 3.63) is 34.1 Å². The van der Waals surface area contributed by atoms with E-state index in [0.29, 0.717) is 16.1 Å². The highest BCUT2D eigenvalue weighted by Crippen LogP contribution is 2.20. The molecule has 0 saturated heterocycles. The molecular formula is C9H7ClFN. The van der Waals surface area contributed by atoms with Gasteiger partial charge in [0.05, 0.1) is 12.5 Å². The van der Waals surface area contributed by atoms with Crippen molar-refractivity contribution in [1.82, 2.24) is 0 Å². The third-order valence-electron chi connectivity index (χ3n) is 1.62.